The summed E-state index contributed by atoms with van der Waals surface area (Å²) in [5.41, 5.74) is 7.40. The van der Waals surface area contributed by atoms with E-state index in [4.69, 9.17) is 15.2 Å². The van der Waals surface area contributed by atoms with E-state index in [0.717, 1.165) is 56.7 Å². The van der Waals surface area contributed by atoms with Gasteiger partial charge in [0.2, 0.25) is 0 Å². The molecule has 0 bridgehead atoms. The number of aliphatic imine (C=N–C) groups is 1. The van der Waals surface area contributed by atoms with Gasteiger partial charge in [0.15, 0.2) is 6.10 Å². The summed E-state index contributed by atoms with van der Waals surface area (Å²) < 4.78 is 11.2. The number of morpholine rings is 1. The van der Waals surface area contributed by atoms with Crippen molar-refractivity contribution in [2.45, 2.75) is 13.0 Å². The molecule has 6 nitrogen and oxygen atoms in total. The topological polar surface area (TPSA) is 72.1 Å². The van der Waals surface area contributed by atoms with Crippen molar-refractivity contribution >= 4 is 17.2 Å². The number of nitrogens with two attached hydrogens (primary N) is 1. The largest absolute Gasteiger partial charge is 0.481 e. The normalized spacial score (nSPS) is 24.2. The highest BCUT2D eigenvalue weighted by Crippen LogP contribution is 2.31. The molecule has 0 amide bonds. The van der Waals surface area contributed by atoms with Gasteiger partial charge in [-0.1, -0.05) is 0 Å². The van der Waals surface area contributed by atoms with Crippen molar-refractivity contribution in [3.05, 3.63) is 18.2 Å². The van der Waals surface area contributed by atoms with Crippen LogP contribution in [0.25, 0.3) is 0 Å². The van der Waals surface area contributed by atoms with Crippen LogP contribution < -0.4 is 15.8 Å². The molecule has 114 valence electrons. The number of nitrogens with one attached hydrogen (secondary N) is 1. The van der Waals surface area contributed by atoms with E-state index < -0.39 is 0 Å². The smallest absolute Gasteiger partial charge is 0.153 e. The number of amidine groups is 1. The van der Waals surface area contributed by atoms with Crippen LogP contribution in [0, 0.1) is 0 Å². The third-order valence-electron chi connectivity index (χ3n) is 3.76. The van der Waals surface area contributed by atoms with E-state index in [1.165, 1.54) is 0 Å². The summed E-state index contributed by atoms with van der Waals surface area (Å²) in [6.45, 7) is 7.34. The number of nitrogen functional groups attached to an aromatic ring is 1. The number of rotatable bonds is 3. The summed E-state index contributed by atoms with van der Waals surface area (Å²) in [6, 6.07) is 5.62. The second-order valence-corrected chi connectivity index (χ2v) is 5.36. The molecule has 1 unspecified atom stereocenters. The number of fused-ring (bicyclic) bond motifs is 1. The first-order chi connectivity index (χ1) is 10.2. The molecule has 0 spiro atoms. The maximum absolute atomic E-state index is 5.86. The van der Waals surface area contributed by atoms with Crippen LogP contribution in [-0.2, 0) is 4.74 Å². The first-order valence-corrected chi connectivity index (χ1v) is 7.40. The van der Waals surface area contributed by atoms with Crippen LogP contribution in [0.5, 0.6) is 5.75 Å². The van der Waals surface area contributed by atoms with Crippen LogP contribution in [0.1, 0.15) is 6.92 Å². The SMILES string of the molecule is CC1Oc2cc(N)ccc2NC1=NCCN1CCOCC1. The minimum atomic E-state index is -0.0796. The third-order valence-corrected chi connectivity index (χ3v) is 3.76. The van der Waals surface area contributed by atoms with Gasteiger partial charge in [-0.3, -0.25) is 9.89 Å². The average Bonchev–Trinajstić information content (AvgIpc) is 2.49. The number of hydrogen-bond acceptors (Lipinski definition) is 5. The van der Waals surface area contributed by atoms with Crippen LogP contribution >= 0.6 is 0 Å². The van der Waals surface area contributed by atoms with Crippen molar-refractivity contribution in [1.82, 2.24) is 4.90 Å². The predicted octanol–water partition coefficient (Wildman–Crippen LogP) is 1.19. The number of hydrogen-bond donors (Lipinski definition) is 2. The van der Waals surface area contributed by atoms with Crippen molar-refractivity contribution in [3.8, 4) is 5.75 Å². The van der Waals surface area contributed by atoms with Gasteiger partial charge in [-0.15, -0.1) is 0 Å². The van der Waals surface area contributed by atoms with Crippen molar-refractivity contribution in [2.75, 3.05) is 50.4 Å². The third kappa shape index (κ3) is 3.46. The second-order valence-electron chi connectivity index (χ2n) is 5.36. The van der Waals surface area contributed by atoms with Crippen LogP contribution in [0.15, 0.2) is 23.2 Å². The van der Waals surface area contributed by atoms with Gasteiger partial charge in [-0.05, 0) is 19.1 Å². The molecular formula is C15H22N4O2. The fourth-order valence-electron chi connectivity index (χ4n) is 2.53. The fourth-order valence-corrected chi connectivity index (χ4v) is 2.53. The molecule has 1 aromatic rings. The first-order valence-electron chi connectivity index (χ1n) is 7.40. The van der Waals surface area contributed by atoms with E-state index >= 15 is 0 Å². The molecule has 3 N–H and O–H groups in total. The van der Waals surface area contributed by atoms with E-state index in [2.05, 4.69) is 15.2 Å². The zero-order valence-electron chi connectivity index (χ0n) is 12.3. The zero-order chi connectivity index (χ0) is 14.7. The second kappa shape index (κ2) is 6.32. The van der Waals surface area contributed by atoms with Crippen molar-refractivity contribution in [1.29, 1.82) is 0 Å². The van der Waals surface area contributed by atoms with Gasteiger partial charge in [0.05, 0.1) is 25.4 Å². The van der Waals surface area contributed by atoms with Crippen molar-refractivity contribution in [3.63, 3.8) is 0 Å². The fraction of sp³-hybridized carbons (Fsp3) is 0.533. The number of nitrogens with zero attached hydrogens (tertiary/aromatic N) is 2. The molecule has 1 aromatic carbocycles. The lowest BCUT2D eigenvalue weighted by atomic mass is 10.2. The van der Waals surface area contributed by atoms with Gasteiger partial charge >= 0.3 is 0 Å². The molecule has 2 aliphatic heterocycles. The molecule has 6 heteroatoms. The molecule has 1 saturated heterocycles. The Morgan fingerprint density at radius 1 is 1.38 bits per heavy atom. The van der Waals surface area contributed by atoms with Gasteiger partial charge in [0.1, 0.15) is 11.6 Å². The summed E-state index contributed by atoms with van der Waals surface area (Å²) in [5, 5.41) is 3.34. The van der Waals surface area contributed by atoms with Crippen LogP contribution in [0.4, 0.5) is 11.4 Å². The van der Waals surface area contributed by atoms with E-state index in [9.17, 15) is 0 Å². The van der Waals surface area contributed by atoms with E-state index in [0.29, 0.717) is 5.69 Å². The molecular weight excluding hydrogens is 268 g/mol. The highest BCUT2D eigenvalue weighted by Gasteiger charge is 2.21. The Labute approximate surface area is 124 Å². The van der Waals surface area contributed by atoms with Crippen LogP contribution in [-0.4, -0.2) is 56.2 Å². The minimum Gasteiger partial charge on any atom is -0.481 e. The zero-order valence-corrected chi connectivity index (χ0v) is 12.3. The van der Waals surface area contributed by atoms with Gasteiger partial charge in [-0.2, -0.15) is 0 Å². The van der Waals surface area contributed by atoms with Crippen molar-refractivity contribution < 1.29 is 9.47 Å². The van der Waals surface area contributed by atoms with E-state index in [1.807, 2.05) is 25.1 Å². The Kier molecular flexibility index (Phi) is 4.26. The monoisotopic (exact) mass is 290 g/mol. The molecule has 0 aromatic heterocycles. The molecule has 0 aliphatic carbocycles. The number of anilines is 2. The van der Waals surface area contributed by atoms with Gasteiger partial charge < -0.3 is 20.5 Å². The molecule has 2 aliphatic rings. The quantitative estimate of drug-likeness (QED) is 0.818. The number of ether oxygens (including phenoxy) is 2. The predicted molar refractivity (Wildman–Crippen MR) is 84.1 cm³/mol. The van der Waals surface area contributed by atoms with Gasteiger partial charge in [-0.25, -0.2) is 0 Å². The standard InChI is InChI=1S/C15H22N4O2/c1-11-15(17-4-5-19-6-8-20-9-7-19)18-13-3-2-12(16)10-14(13)21-11/h2-3,10-11H,4-9,16H2,1H3,(H,17,18). The highest BCUT2D eigenvalue weighted by atomic mass is 16.5. The number of benzene rings is 1. The van der Waals surface area contributed by atoms with Crippen LogP contribution in [0.2, 0.25) is 0 Å². The van der Waals surface area contributed by atoms with E-state index in [1.54, 1.807) is 0 Å². The van der Waals surface area contributed by atoms with Crippen LogP contribution in [0.3, 0.4) is 0 Å². The Bertz CT molecular complexity index is 526. The Balaban J connectivity index is 1.60. The maximum atomic E-state index is 5.86. The van der Waals surface area contributed by atoms with Crippen molar-refractivity contribution in [2.24, 2.45) is 4.99 Å². The molecule has 1 atom stereocenters. The Hall–Kier alpha value is -1.79. The maximum Gasteiger partial charge on any atom is 0.153 e. The Morgan fingerprint density at radius 3 is 3.00 bits per heavy atom. The van der Waals surface area contributed by atoms with Gasteiger partial charge in [0, 0.05) is 31.4 Å². The molecule has 21 heavy (non-hydrogen) atoms. The highest BCUT2D eigenvalue weighted by molar-refractivity contribution is 6.01. The average molecular weight is 290 g/mol. The summed E-state index contributed by atoms with van der Waals surface area (Å²) in [6.07, 6.45) is -0.0796. The molecule has 0 radical (unpaired) electrons. The summed E-state index contributed by atoms with van der Waals surface area (Å²) in [7, 11) is 0. The lowest BCUT2D eigenvalue weighted by Gasteiger charge is -2.28. The minimum absolute atomic E-state index is 0.0796. The lowest BCUT2D eigenvalue weighted by molar-refractivity contribution is 0.0394. The Morgan fingerprint density at radius 2 is 2.19 bits per heavy atom. The first kappa shape index (κ1) is 14.2. The molecule has 0 saturated carbocycles. The summed E-state index contributed by atoms with van der Waals surface area (Å²) in [4.78, 5) is 7.02. The lowest BCUT2D eigenvalue weighted by Crippen LogP contribution is -2.39. The summed E-state index contributed by atoms with van der Waals surface area (Å²) in [5.74, 6) is 1.66. The molecule has 3 rings (SSSR count). The summed E-state index contributed by atoms with van der Waals surface area (Å²) >= 11 is 0. The molecule has 1 fully saturated rings. The van der Waals surface area contributed by atoms with E-state index in [-0.39, 0.29) is 6.10 Å². The van der Waals surface area contributed by atoms with Gasteiger partial charge in [0.25, 0.3) is 0 Å². The molecule has 2 heterocycles.